The Kier molecular flexibility index (Phi) is 13.6. The van der Waals surface area contributed by atoms with E-state index in [4.69, 9.17) is 34.0 Å². The fourth-order valence-electron chi connectivity index (χ4n) is 7.91. The van der Waals surface area contributed by atoms with Gasteiger partial charge in [-0.25, -0.2) is 9.97 Å². The van der Waals surface area contributed by atoms with Gasteiger partial charge in [0.1, 0.15) is 23.3 Å². The van der Waals surface area contributed by atoms with E-state index in [0.29, 0.717) is 75.5 Å². The molecule has 3 amide bonds. The maximum absolute atomic E-state index is 13.7. The number of nitrogens with zero attached hydrogens (tertiary/aromatic N) is 4. The van der Waals surface area contributed by atoms with Gasteiger partial charge in [-0.1, -0.05) is 77.8 Å². The first-order chi connectivity index (χ1) is 31.1. The number of amides is 3. The van der Waals surface area contributed by atoms with Crippen LogP contribution in [0.25, 0.3) is 0 Å². The number of nitrogens with one attached hydrogen (secondary N) is 6. The third kappa shape index (κ3) is 10.6. The number of para-hydroxylation sites is 1. The molecular formula is C49H46Cl2N10O3. The van der Waals surface area contributed by atoms with Crippen LogP contribution >= 0.6 is 23.2 Å². The topological polar surface area (TPSA) is 179 Å². The van der Waals surface area contributed by atoms with Gasteiger partial charge in [-0.2, -0.15) is 0 Å². The first-order valence-corrected chi connectivity index (χ1v) is 21.8. The zero-order valence-electron chi connectivity index (χ0n) is 34.8. The molecule has 0 aliphatic carbocycles. The summed E-state index contributed by atoms with van der Waals surface area (Å²) >= 11 is 11.9. The quantitative estimate of drug-likeness (QED) is 0.0519. The van der Waals surface area contributed by atoms with E-state index in [1.807, 2.05) is 53.4 Å². The summed E-state index contributed by atoms with van der Waals surface area (Å²) in [5.74, 6) is 0.645. The Labute approximate surface area is 381 Å². The molecule has 0 radical (unpaired) electrons. The van der Waals surface area contributed by atoms with Crippen molar-refractivity contribution in [3.63, 3.8) is 0 Å². The van der Waals surface area contributed by atoms with Gasteiger partial charge in [-0.15, -0.1) is 0 Å². The molecule has 0 saturated carbocycles. The number of hydrogen-bond acceptors (Lipinski definition) is 8. The van der Waals surface area contributed by atoms with Crippen LogP contribution in [0.2, 0.25) is 10.0 Å². The van der Waals surface area contributed by atoms with Gasteiger partial charge in [-0.05, 0) is 103 Å². The minimum atomic E-state index is -0.434. The summed E-state index contributed by atoms with van der Waals surface area (Å²) in [5.41, 5.74) is 5.73. The normalized spacial score (nSPS) is 13.8. The molecule has 324 valence electrons. The highest BCUT2D eigenvalue weighted by Crippen LogP contribution is 2.32. The molecule has 0 spiro atoms. The molecule has 4 heterocycles. The van der Waals surface area contributed by atoms with Gasteiger partial charge in [0.15, 0.2) is 0 Å². The molecule has 2 saturated heterocycles. The van der Waals surface area contributed by atoms with Crippen molar-refractivity contribution in [3.8, 4) is 0 Å². The van der Waals surface area contributed by atoms with Crippen LogP contribution in [0.1, 0.15) is 84.9 Å². The van der Waals surface area contributed by atoms with Crippen LogP contribution in [-0.2, 0) is 6.54 Å². The van der Waals surface area contributed by atoms with Crippen LogP contribution in [0.3, 0.4) is 0 Å². The van der Waals surface area contributed by atoms with Crippen LogP contribution < -0.4 is 21.3 Å². The van der Waals surface area contributed by atoms with Crippen molar-refractivity contribution in [3.05, 3.63) is 177 Å². The number of carbonyl (C=O) groups excluding carboxylic acids is 3. The fraction of sp³-hybridized carbons (Fsp3) is 0.204. The third-order valence-corrected chi connectivity index (χ3v) is 11.9. The maximum Gasteiger partial charge on any atom is 0.258 e. The van der Waals surface area contributed by atoms with E-state index < -0.39 is 5.91 Å². The van der Waals surface area contributed by atoms with Crippen LogP contribution in [0.4, 0.5) is 23.0 Å². The number of carbonyl (C=O) groups is 3. The number of benzene rings is 4. The van der Waals surface area contributed by atoms with Crippen molar-refractivity contribution in [2.45, 2.75) is 38.1 Å². The highest BCUT2D eigenvalue weighted by atomic mass is 35.5. The molecule has 13 nitrogen and oxygen atoms in total. The average Bonchev–Trinajstić information content (AvgIpc) is 3.88. The molecule has 0 unspecified atom stereocenters. The predicted octanol–water partition coefficient (Wildman–Crippen LogP) is 9.78. The predicted molar refractivity (Wildman–Crippen MR) is 253 cm³/mol. The van der Waals surface area contributed by atoms with Crippen molar-refractivity contribution in [2.75, 3.05) is 47.4 Å². The second-order valence-corrected chi connectivity index (χ2v) is 16.6. The smallest absolute Gasteiger partial charge is 0.258 e. The number of pyridine rings is 2. The maximum atomic E-state index is 13.7. The summed E-state index contributed by atoms with van der Waals surface area (Å²) in [5, 5.41) is 30.6. The molecule has 6 aromatic rings. The molecule has 64 heavy (non-hydrogen) atoms. The van der Waals surface area contributed by atoms with Gasteiger partial charge in [0, 0.05) is 67.5 Å². The van der Waals surface area contributed by atoms with Crippen molar-refractivity contribution in [2.24, 2.45) is 0 Å². The van der Waals surface area contributed by atoms with Crippen LogP contribution in [0, 0.1) is 10.8 Å². The highest BCUT2D eigenvalue weighted by Gasteiger charge is 2.25. The molecule has 15 heteroatoms. The van der Waals surface area contributed by atoms with Gasteiger partial charge in [0.2, 0.25) is 0 Å². The Morgan fingerprint density at radius 2 is 1.11 bits per heavy atom. The molecule has 2 fully saturated rings. The van der Waals surface area contributed by atoms with Crippen molar-refractivity contribution in [1.82, 2.24) is 19.8 Å². The fourth-order valence-corrected chi connectivity index (χ4v) is 8.14. The molecule has 2 aliphatic rings. The van der Waals surface area contributed by atoms with E-state index in [1.165, 1.54) is 12.4 Å². The van der Waals surface area contributed by atoms with Crippen molar-refractivity contribution in [1.29, 1.82) is 10.8 Å². The Hall–Kier alpha value is -7.09. The molecular weight excluding hydrogens is 848 g/mol. The summed E-state index contributed by atoms with van der Waals surface area (Å²) in [7, 11) is 0. The lowest BCUT2D eigenvalue weighted by Crippen LogP contribution is -2.38. The number of halogens is 2. The summed E-state index contributed by atoms with van der Waals surface area (Å²) < 4.78 is 0. The van der Waals surface area contributed by atoms with E-state index >= 15 is 0 Å². The zero-order chi connectivity index (χ0) is 44.6. The summed E-state index contributed by atoms with van der Waals surface area (Å²) in [6.45, 7) is 3.50. The summed E-state index contributed by atoms with van der Waals surface area (Å²) in [6, 6.07) is 34.2. The van der Waals surface area contributed by atoms with Gasteiger partial charge in [0.25, 0.3) is 17.7 Å². The Balaban J connectivity index is 0.901. The van der Waals surface area contributed by atoms with Crippen molar-refractivity contribution >= 4 is 75.6 Å². The van der Waals surface area contributed by atoms with E-state index in [-0.39, 0.29) is 23.3 Å². The standard InChI is InChI=1S/C49H46Cl2N10O3/c50-37-16-19-43(55-29-37)58-48(63)39-5-1-2-6-41(39)54-28-31-7-9-33(10-8-31)46(53)61-25-21-32(22-26-61)36-15-18-40(49(64)59-44-20-17-38(51)30-56-44)42(27-36)57-47(62)35-13-11-34(12-14-35)45(52)60-23-3-4-24-60/h1-2,5-20,27,29-30,32,52-54H,3-4,21-26,28H2,(H,57,62)(H,55,58,63)(H,56,59,64). The molecule has 4 aromatic carbocycles. The number of anilines is 4. The molecule has 0 atom stereocenters. The van der Waals surface area contributed by atoms with Gasteiger partial charge < -0.3 is 31.1 Å². The van der Waals surface area contributed by atoms with Crippen molar-refractivity contribution < 1.29 is 14.4 Å². The monoisotopic (exact) mass is 892 g/mol. The van der Waals surface area contributed by atoms with E-state index in [1.54, 1.807) is 66.7 Å². The SMILES string of the molecule is N=C(c1ccc(C(=O)Nc2cc(C3CCN(C(=N)c4ccc(CNc5ccccc5C(=O)Nc5ccc(Cl)cn5)cc4)CC3)ccc2C(=O)Nc2ccc(Cl)cn2)cc1)N1CCCC1. The lowest BCUT2D eigenvalue weighted by molar-refractivity contribution is 0.101. The zero-order valence-corrected chi connectivity index (χ0v) is 36.3. The average molecular weight is 894 g/mol. The van der Waals surface area contributed by atoms with Crippen LogP contribution in [-0.4, -0.2) is 75.3 Å². The minimum Gasteiger partial charge on any atom is -0.380 e. The second-order valence-electron chi connectivity index (χ2n) is 15.7. The third-order valence-electron chi connectivity index (χ3n) is 11.5. The lowest BCUT2D eigenvalue weighted by Gasteiger charge is -2.34. The largest absolute Gasteiger partial charge is 0.380 e. The lowest BCUT2D eigenvalue weighted by atomic mass is 9.88. The van der Waals surface area contributed by atoms with E-state index in [2.05, 4.69) is 36.1 Å². The molecule has 8 rings (SSSR count). The number of piperidine rings is 1. The Bertz CT molecular complexity index is 2660. The number of rotatable bonds is 12. The Morgan fingerprint density at radius 1 is 0.578 bits per heavy atom. The van der Waals surface area contributed by atoms with E-state index in [0.717, 1.165) is 61.0 Å². The first kappa shape index (κ1) is 43.6. The van der Waals surface area contributed by atoms with Gasteiger partial charge in [0.05, 0.1) is 26.9 Å². The minimum absolute atomic E-state index is 0.131. The van der Waals surface area contributed by atoms with Gasteiger partial charge in [-0.3, -0.25) is 25.2 Å². The number of amidine groups is 2. The molecule has 6 N–H and O–H groups in total. The highest BCUT2D eigenvalue weighted by molar-refractivity contribution is 6.30. The second kappa shape index (κ2) is 20.0. The number of hydrogen-bond donors (Lipinski definition) is 6. The number of aromatic nitrogens is 2. The first-order valence-electron chi connectivity index (χ1n) is 21.1. The van der Waals surface area contributed by atoms with Crippen LogP contribution in [0.5, 0.6) is 0 Å². The van der Waals surface area contributed by atoms with E-state index in [9.17, 15) is 14.4 Å². The summed E-state index contributed by atoms with van der Waals surface area (Å²) in [6.07, 6.45) is 6.60. The number of likely N-dealkylation sites (tertiary alicyclic amines) is 2. The van der Waals surface area contributed by atoms with Crippen LogP contribution in [0.15, 0.2) is 128 Å². The van der Waals surface area contributed by atoms with Gasteiger partial charge >= 0.3 is 0 Å². The molecule has 2 aromatic heterocycles. The Morgan fingerprint density at radius 3 is 1.69 bits per heavy atom. The molecule has 0 bridgehead atoms. The molecule has 2 aliphatic heterocycles. The summed E-state index contributed by atoms with van der Waals surface area (Å²) in [4.78, 5) is 52.9.